The largest absolute Gasteiger partial charge is 0.493 e. The average molecular weight is 380 g/mol. The highest BCUT2D eigenvalue weighted by Gasteiger charge is 2.25. The maximum atomic E-state index is 11.6. The fourth-order valence-electron chi connectivity index (χ4n) is 3.07. The summed E-state index contributed by atoms with van der Waals surface area (Å²) < 4.78 is 45.2. The van der Waals surface area contributed by atoms with Crippen LogP contribution in [-0.2, 0) is 16.4 Å². The number of oxazole rings is 1. The number of sulfone groups is 1. The zero-order valence-corrected chi connectivity index (χ0v) is 15.5. The minimum absolute atomic E-state index is 0.156. The van der Waals surface area contributed by atoms with Crippen LogP contribution < -0.4 is 14.2 Å². The van der Waals surface area contributed by atoms with Crippen molar-refractivity contribution in [1.82, 2.24) is 9.88 Å². The monoisotopic (exact) mass is 380 g/mol. The quantitative estimate of drug-likeness (QED) is 0.790. The van der Waals surface area contributed by atoms with E-state index in [1.807, 2.05) is 13.0 Å². The number of aryl methyl sites for hydroxylation is 1. The zero-order chi connectivity index (χ0) is 18.3. The highest BCUT2D eigenvalue weighted by atomic mass is 32.2. The summed E-state index contributed by atoms with van der Waals surface area (Å²) in [4.78, 5) is 6.68. The van der Waals surface area contributed by atoms with Gasteiger partial charge in [-0.15, -0.1) is 0 Å². The van der Waals surface area contributed by atoms with Crippen molar-refractivity contribution < 1.29 is 27.0 Å². The highest BCUT2D eigenvalue weighted by molar-refractivity contribution is 7.91. The molecule has 140 valence electrons. The van der Waals surface area contributed by atoms with Crippen molar-refractivity contribution in [2.75, 3.05) is 38.5 Å². The zero-order valence-electron chi connectivity index (χ0n) is 14.6. The molecule has 1 fully saturated rings. The Hall–Kier alpha value is -2.26. The predicted octanol–water partition coefficient (Wildman–Crippen LogP) is 1.62. The molecule has 2 aliphatic heterocycles. The van der Waals surface area contributed by atoms with Crippen molar-refractivity contribution in [3.63, 3.8) is 0 Å². The van der Waals surface area contributed by atoms with Crippen LogP contribution in [-0.4, -0.2) is 56.8 Å². The molecule has 4 rings (SSSR count). The molecule has 2 aliphatic rings. The molecular formula is C17H20N2O6S. The van der Waals surface area contributed by atoms with E-state index in [0.717, 1.165) is 11.3 Å². The first-order chi connectivity index (χ1) is 12.4. The number of hydrogen-bond acceptors (Lipinski definition) is 8. The van der Waals surface area contributed by atoms with Crippen LogP contribution in [0.3, 0.4) is 0 Å². The van der Waals surface area contributed by atoms with Crippen LogP contribution in [0.5, 0.6) is 17.2 Å². The summed E-state index contributed by atoms with van der Waals surface area (Å²) in [6.45, 7) is 3.61. The average Bonchev–Trinajstić information content (AvgIpc) is 3.22. The first-order valence-corrected chi connectivity index (χ1v) is 10.1. The Balaban J connectivity index is 1.57. The molecular weight excluding hydrogens is 360 g/mol. The molecule has 0 aliphatic carbocycles. The SMILES string of the molecule is COc1cc(-c2nc(CN3CCS(=O)(=O)CC3)c(C)o2)cc2c1OCO2. The Bertz CT molecular complexity index is 923. The third-order valence-electron chi connectivity index (χ3n) is 4.61. The summed E-state index contributed by atoms with van der Waals surface area (Å²) >= 11 is 0. The number of ether oxygens (including phenoxy) is 3. The lowest BCUT2D eigenvalue weighted by Crippen LogP contribution is -2.39. The maximum Gasteiger partial charge on any atom is 0.231 e. The van der Waals surface area contributed by atoms with Crippen LogP contribution in [0, 0.1) is 6.92 Å². The maximum absolute atomic E-state index is 11.6. The second-order valence-corrected chi connectivity index (χ2v) is 8.67. The Labute approximate surface area is 151 Å². The summed E-state index contributed by atoms with van der Waals surface area (Å²) in [5.74, 6) is 3.30. The molecule has 0 atom stereocenters. The van der Waals surface area contributed by atoms with Gasteiger partial charge in [0.05, 0.1) is 24.3 Å². The van der Waals surface area contributed by atoms with Gasteiger partial charge in [0.2, 0.25) is 18.4 Å². The number of benzene rings is 1. The molecule has 0 N–H and O–H groups in total. The molecule has 0 amide bonds. The Kier molecular flexibility index (Phi) is 4.28. The van der Waals surface area contributed by atoms with E-state index >= 15 is 0 Å². The molecule has 0 radical (unpaired) electrons. The van der Waals surface area contributed by atoms with Crippen molar-refractivity contribution in [1.29, 1.82) is 0 Å². The van der Waals surface area contributed by atoms with E-state index in [1.165, 1.54) is 0 Å². The molecule has 0 spiro atoms. The second kappa shape index (κ2) is 6.48. The van der Waals surface area contributed by atoms with Crippen molar-refractivity contribution >= 4 is 9.84 Å². The smallest absolute Gasteiger partial charge is 0.231 e. The van der Waals surface area contributed by atoms with E-state index in [2.05, 4.69) is 9.88 Å². The number of fused-ring (bicyclic) bond motifs is 1. The summed E-state index contributed by atoms with van der Waals surface area (Å²) in [6, 6.07) is 3.61. The number of rotatable bonds is 4. The van der Waals surface area contributed by atoms with Gasteiger partial charge in [-0.2, -0.15) is 0 Å². The van der Waals surface area contributed by atoms with Gasteiger partial charge in [0.15, 0.2) is 21.3 Å². The molecule has 26 heavy (non-hydrogen) atoms. The lowest BCUT2D eigenvalue weighted by molar-refractivity contribution is 0.171. The van der Waals surface area contributed by atoms with E-state index < -0.39 is 9.84 Å². The summed E-state index contributed by atoms with van der Waals surface area (Å²) in [6.07, 6.45) is 0. The van der Waals surface area contributed by atoms with Crippen molar-refractivity contribution in [3.05, 3.63) is 23.6 Å². The van der Waals surface area contributed by atoms with Crippen molar-refractivity contribution in [3.8, 4) is 28.7 Å². The van der Waals surface area contributed by atoms with E-state index in [9.17, 15) is 8.42 Å². The Morgan fingerprint density at radius 1 is 1.23 bits per heavy atom. The van der Waals surface area contributed by atoms with E-state index in [0.29, 0.717) is 48.5 Å². The van der Waals surface area contributed by atoms with E-state index in [4.69, 9.17) is 18.6 Å². The molecule has 8 nitrogen and oxygen atoms in total. The standard InChI is InChI=1S/C17H20N2O6S/c1-11-13(9-19-3-5-26(20,21)6-4-19)18-17(25-11)12-7-14(22-2)16-15(8-12)23-10-24-16/h7-8H,3-6,9-10H2,1-2H3. The number of aromatic nitrogens is 1. The summed E-state index contributed by atoms with van der Waals surface area (Å²) in [5.41, 5.74) is 1.54. The molecule has 1 aromatic heterocycles. The van der Waals surface area contributed by atoms with Gasteiger partial charge in [-0.05, 0) is 19.1 Å². The van der Waals surface area contributed by atoms with Gasteiger partial charge >= 0.3 is 0 Å². The molecule has 0 bridgehead atoms. The van der Waals surface area contributed by atoms with Gasteiger partial charge in [0, 0.05) is 25.2 Å². The fourth-order valence-corrected chi connectivity index (χ4v) is 4.35. The summed E-state index contributed by atoms with van der Waals surface area (Å²) in [7, 11) is -1.33. The van der Waals surface area contributed by atoms with Crippen LogP contribution >= 0.6 is 0 Å². The number of methoxy groups -OCH3 is 1. The van der Waals surface area contributed by atoms with Crippen LogP contribution in [0.1, 0.15) is 11.5 Å². The Morgan fingerprint density at radius 2 is 2.00 bits per heavy atom. The molecule has 3 heterocycles. The minimum atomic E-state index is -2.89. The third kappa shape index (κ3) is 3.24. The third-order valence-corrected chi connectivity index (χ3v) is 6.22. The second-order valence-electron chi connectivity index (χ2n) is 6.36. The molecule has 9 heteroatoms. The Morgan fingerprint density at radius 3 is 2.73 bits per heavy atom. The van der Waals surface area contributed by atoms with Crippen LogP contribution in [0.4, 0.5) is 0 Å². The van der Waals surface area contributed by atoms with Crippen LogP contribution in [0.15, 0.2) is 16.5 Å². The minimum Gasteiger partial charge on any atom is -0.493 e. The molecule has 2 aromatic rings. The molecule has 1 saturated heterocycles. The van der Waals surface area contributed by atoms with Crippen LogP contribution in [0.2, 0.25) is 0 Å². The van der Waals surface area contributed by atoms with E-state index in [1.54, 1.807) is 13.2 Å². The van der Waals surface area contributed by atoms with Gasteiger partial charge in [-0.1, -0.05) is 0 Å². The van der Waals surface area contributed by atoms with E-state index in [-0.39, 0.29) is 18.3 Å². The summed E-state index contributed by atoms with van der Waals surface area (Å²) in [5, 5.41) is 0. The first-order valence-electron chi connectivity index (χ1n) is 8.32. The molecule has 0 saturated carbocycles. The molecule has 0 unspecified atom stereocenters. The first kappa shape index (κ1) is 17.2. The van der Waals surface area contributed by atoms with Crippen LogP contribution in [0.25, 0.3) is 11.5 Å². The van der Waals surface area contributed by atoms with Gasteiger partial charge < -0.3 is 18.6 Å². The van der Waals surface area contributed by atoms with Crippen molar-refractivity contribution in [2.24, 2.45) is 0 Å². The molecule has 1 aromatic carbocycles. The topological polar surface area (TPSA) is 91.1 Å². The van der Waals surface area contributed by atoms with Gasteiger partial charge in [0.25, 0.3) is 0 Å². The normalized spacial score (nSPS) is 18.8. The number of hydrogen-bond donors (Lipinski definition) is 0. The van der Waals surface area contributed by atoms with Gasteiger partial charge in [-0.25, -0.2) is 13.4 Å². The lowest BCUT2D eigenvalue weighted by atomic mass is 10.2. The highest BCUT2D eigenvalue weighted by Crippen LogP contribution is 2.44. The van der Waals surface area contributed by atoms with Crippen molar-refractivity contribution in [2.45, 2.75) is 13.5 Å². The van der Waals surface area contributed by atoms with Gasteiger partial charge in [-0.3, -0.25) is 4.90 Å². The van der Waals surface area contributed by atoms with Gasteiger partial charge in [0.1, 0.15) is 5.76 Å². The predicted molar refractivity (Wildman–Crippen MR) is 93.3 cm³/mol. The lowest BCUT2D eigenvalue weighted by Gasteiger charge is -2.25. The number of nitrogens with zero attached hydrogens (tertiary/aromatic N) is 2. The fraction of sp³-hybridized carbons (Fsp3) is 0.471.